The first-order chi connectivity index (χ1) is 13.4. The fourth-order valence-electron chi connectivity index (χ4n) is 3.25. The minimum absolute atomic E-state index is 0.0674. The number of hydrogen-bond donors (Lipinski definition) is 1. The minimum atomic E-state index is -3.82. The number of benzene rings is 2. The molecule has 5 nitrogen and oxygen atoms in total. The lowest BCUT2D eigenvalue weighted by Gasteiger charge is -2.23. The molecule has 3 aromatic rings. The second kappa shape index (κ2) is 7.03. The molecule has 2 aromatic carbocycles. The molecule has 1 aliphatic rings. The number of amides is 1. The Kier molecular flexibility index (Phi) is 4.68. The third kappa shape index (κ3) is 3.18. The first-order valence-electron chi connectivity index (χ1n) is 8.46. The van der Waals surface area contributed by atoms with Crippen molar-refractivity contribution < 1.29 is 22.3 Å². The zero-order chi connectivity index (χ0) is 19.9. The molecule has 0 aliphatic carbocycles. The van der Waals surface area contributed by atoms with Gasteiger partial charge in [-0.3, -0.25) is 4.79 Å². The number of sulfone groups is 1. The van der Waals surface area contributed by atoms with E-state index in [1.807, 2.05) is 0 Å². The van der Waals surface area contributed by atoms with Crippen LogP contribution < -0.4 is 10.1 Å². The Balaban J connectivity index is 1.79. The summed E-state index contributed by atoms with van der Waals surface area (Å²) >= 11 is 1.28. The maximum atomic E-state index is 13.3. The molecule has 0 saturated heterocycles. The van der Waals surface area contributed by atoms with Crippen LogP contribution in [0.5, 0.6) is 5.75 Å². The molecule has 1 atom stereocenters. The topological polar surface area (TPSA) is 72.5 Å². The predicted molar refractivity (Wildman–Crippen MR) is 104 cm³/mol. The summed E-state index contributed by atoms with van der Waals surface area (Å²) in [6, 6.07) is 12.0. The predicted octanol–water partition coefficient (Wildman–Crippen LogP) is 4.20. The second-order valence-electron chi connectivity index (χ2n) is 6.37. The standard InChI is InChI=1S/C20H16FNO4S2/c1-26-14-6-8-15(9-7-14)28(24,25)17-11-27-20-16(10-18(23)22-19(17)20)12-2-4-13(21)5-3-12/h2-9,11,16H,10H2,1H3,(H,22,23). The molecule has 0 radical (unpaired) electrons. The van der Waals surface area contributed by atoms with Crippen LogP contribution in [0.4, 0.5) is 10.1 Å². The van der Waals surface area contributed by atoms with Gasteiger partial charge in [-0.05, 0) is 42.0 Å². The van der Waals surface area contributed by atoms with Crippen molar-refractivity contribution in [2.75, 3.05) is 12.4 Å². The summed E-state index contributed by atoms with van der Waals surface area (Å²) in [6.07, 6.45) is 0.182. The zero-order valence-electron chi connectivity index (χ0n) is 14.8. The molecule has 8 heteroatoms. The van der Waals surface area contributed by atoms with Crippen LogP contribution in [0.25, 0.3) is 0 Å². The molecule has 144 valence electrons. The first-order valence-corrected chi connectivity index (χ1v) is 10.8. The van der Waals surface area contributed by atoms with E-state index in [-0.39, 0.29) is 33.9 Å². The van der Waals surface area contributed by atoms with Crippen LogP contribution >= 0.6 is 11.3 Å². The van der Waals surface area contributed by atoms with Crippen LogP contribution in [0.2, 0.25) is 0 Å². The molecule has 1 amide bonds. The molecule has 0 bridgehead atoms. The van der Waals surface area contributed by atoms with E-state index in [4.69, 9.17) is 4.74 Å². The number of fused-ring (bicyclic) bond motifs is 1. The number of ether oxygens (including phenoxy) is 1. The van der Waals surface area contributed by atoms with Crippen LogP contribution in [0.3, 0.4) is 0 Å². The average Bonchev–Trinajstić information content (AvgIpc) is 3.12. The molecular formula is C20H16FNO4S2. The highest BCUT2D eigenvalue weighted by Crippen LogP contribution is 2.45. The molecule has 28 heavy (non-hydrogen) atoms. The number of carbonyl (C=O) groups excluding carboxylic acids is 1. The van der Waals surface area contributed by atoms with Crippen molar-refractivity contribution in [1.82, 2.24) is 0 Å². The number of nitrogens with one attached hydrogen (secondary N) is 1. The van der Waals surface area contributed by atoms with Gasteiger partial charge in [0.25, 0.3) is 0 Å². The summed E-state index contributed by atoms with van der Waals surface area (Å²) in [5, 5.41) is 4.26. The quantitative estimate of drug-likeness (QED) is 0.691. The van der Waals surface area contributed by atoms with E-state index < -0.39 is 9.84 Å². The maximum absolute atomic E-state index is 13.3. The van der Waals surface area contributed by atoms with Crippen molar-refractivity contribution in [3.63, 3.8) is 0 Å². The number of rotatable bonds is 4. The van der Waals surface area contributed by atoms with Gasteiger partial charge in [-0.2, -0.15) is 0 Å². The third-order valence-electron chi connectivity index (χ3n) is 4.69. The highest BCUT2D eigenvalue weighted by Gasteiger charge is 2.34. The maximum Gasteiger partial charge on any atom is 0.225 e. The van der Waals surface area contributed by atoms with Crippen LogP contribution in [0.1, 0.15) is 22.8 Å². The van der Waals surface area contributed by atoms with Gasteiger partial charge < -0.3 is 10.1 Å². The lowest BCUT2D eigenvalue weighted by Crippen LogP contribution is -2.23. The largest absolute Gasteiger partial charge is 0.497 e. The Morgan fingerprint density at radius 1 is 1.11 bits per heavy atom. The highest BCUT2D eigenvalue weighted by atomic mass is 32.2. The van der Waals surface area contributed by atoms with Gasteiger partial charge in [-0.15, -0.1) is 11.3 Å². The molecule has 1 N–H and O–H groups in total. The van der Waals surface area contributed by atoms with E-state index in [9.17, 15) is 17.6 Å². The number of thiophene rings is 1. The summed E-state index contributed by atoms with van der Waals surface area (Å²) in [7, 11) is -2.31. The summed E-state index contributed by atoms with van der Waals surface area (Å²) < 4.78 is 44.6. The van der Waals surface area contributed by atoms with E-state index in [0.29, 0.717) is 11.4 Å². The lowest BCUT2D eigenvalue weighted by molar-refractivity contribution is -0.116. The Labute approximate surface area is 165 Å². The van der Waals surface area contributed by atoms with Crippen LogP contribution in [-0.2, 0) is 14.6 Å². The molecule has 1 aromatic heterocycles. The lowest BCUT2D eigenvalue weighted by atomic mass is 9.91. The van der Waals surface area contributed by atoms with Gasteiger partial charge in [0.05, 0.1) is 17.7 Å². The zero-order valence-corrected chi connectivity index (χ0v) is 16.4. The molecule has 2 heterocycles. The molecule has 0 spiro atoms. The van der Waals surface area contributed by atoms with Crippen molar-refractivity contribution in [2.24, 2.45) is 0 Å². The first kappa shape index (κ1) is 18.6. The molecular weight excluding hydrogens is 401 g/mol. The fourth-order valence-corrected chi connectivity index (χ4v) is 6.16. The van der Waals surface area contributed by atoms with E-state index in [2.05, 4.69) is 5.32 Å². The van der Waals surface area contributed by atoms with Gasteiger partial charge in [0, 0.05) is 22.6 Å². The SMILES string of the molecule is COc1ccc(S(=O)(=O)c2csc3c2NC(=O)CC3c2ccc(F)cc2)cc1. The van der Waals surface area contributed by atoms with Crippen molar-refractivity contribution in [3.8, 4) is 5.75 Å². The second-order valence-corrected chi connectivity index (χ2v) is 9.20. The summed E-state index contributed by atoms with van der Waals surface area (Å²) in [4.78, 5) is 13.2. The van der Waals surface area contributed by atoms with Gasteiger partial charge in [-0.25, -0.2) is 12.8 Å². The van der Waals surface area contributed by atoms with E-state index >= 15 is 0 Å². The number of methoxy groups -OCH3 is 1. The highest BCUT2D eigenvalue weighted by molar-refractivity contribution is 7.91. The molecule has 1 aliphatic heterocycles. The molecule has 4 rings (SSSR count). The van der Waals surface area contributed by atoms with E-state index in [0.717, 1.165) is 10.4 Å². The van der Waals surface area contributed by atoms with Crippen molar-refractivity contribution >= 4 is 32.8 Å². The van der Waals surface area contributed by atoms with Gasteiger partial charge in [-0.1, -0.05) is 12.1 Å². The average molecular weight is 417 g/mol. The Bertz CT molecular complexity index is 1140. The van der Waals surface area contributed by atoms with Crippen LogP contribution in [0.15, 0.2) is 63.7 Å². The minimum Gasteiger partial charge on any atom is -0.497 e. The Hall–Kier alpha value is -2.71. The summed E-state index contributed by atoms with van der Waals surface area (Å²) in [6.45, 7) is 0. The monoisotopic (exact) mass is 417 g/mol. The van der Waals surface area contributed by atoms with Gasteiger partial charge in [0.2, 0.25) is 15.7 Å². The number of hydrogen-bond acceptors (Lipinski definition) is 5. The van der Waals surface area contributed by atoms with E-state index in [1.54, 1.807) is 29.6 Å². The molecule has 1 unspecified atom stereocenters. The van der Waals surface area contributed by atoms with Crippen LogP contribution in [0, 0.1) is 5.82 Å². The smallest absolute Gasteiger partial charge is 0.225 e. The van der Waals surface area contributed by atoms with Gasteiger partial charge in [0.1, 0.15) is 16.5 Å². The third-order valence-corrected chi connectivity index (χ3v) is 7.73. The Morgan fingerprint density at radius 2 is 1.79 bits per heavy atom. The molecule has 0 saturated carbocycles. The number of anilines is 1. The van der Waals surface area contributed by atoms with Crippen molar-refractivity contribution in [2.45, 2.75) is 22.1 Å². The number of halogens is 1. The molecule has 0 fully saturated rings. The van der Waals surface area contributed by atoms with Crippen molar-refractivity contribution in [3.05, 3.63) is 70.2 Å². The number of carbonyl (C=O) groups is 1. The van der Waals surface area contributed by atoms with Gasteiger partial charge in [0.15, 0.2) is 0 Å². The summed E-state index contributed by atoms with van der Waals surface area (Å²) in [5.41, 5.74) is 1.08. The van der Waals surface area contributed by atoms with E-state index in [1.165, 1.54) is 42.7 Å². The Morgan fingerprint density at radius 3 is 2.43 bits per heavy atom. The van der Waals surface area contributed by atoms with Gasteiger partial charge >= 0.3 is 0 Å². The fraction of sp³-hybridized carbons (Fsp3) is 0.150. The van der Waals surface area contributed by atoms with Crippen molar-refractivity contribution in [1.29, 1.82) is 0 Å². The summed E-state index contributed by atoms with van der Waals surface area (Å²) in [5.74, 6) is -0.394. The van der Waals surface area contributed by atoms with Crippen LogP contribution in [-0.4, -0.2) is 21.4 Å². The normalized spacial score (nSPS) is 16.4.